The van der Waals surface area contributed by atoms with Crippen LogP contribution < -0.4 is 10.5 Å². The predicted molar refractivity (Wildman–Crippen MR) is 107 cm³/mol. The number of carbonyl (C=O) groups is 1. The topological polar surface area (TPSA) is 89.5 Å². The molecule has 2 fully saturated rings. The molecule has 2 aromatic heterocycles. The van der Waals surface area contributed by atoms with Gasteiger partial charge in [-0.05, 0) is 25.3 Å². The van der Waals surface area contributed by atoms with Gasteiger partial charge in [0.25, 0.3) is 0 Å². The molecule has 4 rings (SSSR count). The molecule has 0 unspecified atom stereocenters. The number of likely N-dealkylation sites (N-methyl/N-ethyl adjacent to an activating group) is 1. The van der Waals surface area contributed by atoms with Crippen molar-refractivity contribution in [2.45, 2.75) is 38.1 Å². The summed E-state index contributed by atoms with van der Waals surface area (Å²) in [5.74, 6) is 0.561. The Morgan fingerprint density at radius 2 is 2.03 bits per heavy atom. The Kier molecular flexibility index (Phi) is 5.78. The third kappa shape index (κ3) is 5.27. The van der Waals surface area contributed by atoms with Gasteiger partial charge in [-0.2, -0.15) is 0 Å². The first kappa shape index (κ1) is 21.4. The standard InChI is InChI=1S/C20H25F3N6O2/c1-27-7-8-28(12-17(27)30)5-2-6-29-11-15(26-19(29)13-3-4-13)14-9-16(18(24)25-10-14)31-20(21,22)23/h9-11,13H,2-8,12H2,1H3,(H2,24,25). The van der Waals surface area contributed by atoms with Crippen molar-refractivity contribution in [3.05, 3.63) is 24.3 Å². The molecule has 0 atom stereocenters. The fraction of sp³-hybridized carbons (Fsp3) is 0.550. The van der Waals surface area contributed by atoms with Gasteiger partial charge >= 0.3 is 6.36 Å². The number of aromatic nitrogens is 3. The number of hydrogen-bond donors (Lipinski definition) is 1. The van der Waals surface area contributed by atoms with Gasteiger partial charge in [0, 0.05) is 57.1 Å². The van der Waals surface area contributed by atoms with Gasteiger partial charge in [-0.15, -0.1) is 13.2 Å². The zero-order valence-corrected chi connectivity index (χ0v) is 17.2. The maximum absolute atomic E-state index is 12.6. The van der Waals surface area contributed by atoms with Gasteiger partial charge in [-0.1, -0.05) is 0 Å². The van der Waals surface area contributed by atoms with Crippen molar-refractivity contribution in [3.8, 4) is 17.0 Å². The molecule has 0 radical (unpaired) electrons. The van der Waals surface area contributed by atoms with E-state index in [1.807, 2.05) is 13.2 Å². The highest BCUT2D eigenvalue weighted by atomic mass is 19.4. The Morgan fingerprint density at radius 3 is 2.71 bits per heavy atom. The average Bonchev–Trinajstić information content (AvgIpc) is 3.45. The molecular formula is C20H25F3N6O2. The molecule has 2 aromatic rings. The number of imidazole rings is 1. The highest BCUT2D eigenvalue weighted by molar-refractivity contribution is 5.78. The minimum absolute atomic E-state index is 0.127. The molecule has 0 bridgehead atoms. The molecule has 2 N–H and O–H groups in total. The summed E-state index contributed by atoms with van der Waals surface area (Å²) in [5.41, 5.74) is 6.48. The predicted octanol–water partition coefficient (Wildman–Crippen LogP) is 2.47. The number of aryl methyl sites for hydroxylation is 1. The molecule has 1 saturated heterocycles. The lowest BCUT2D eigenvalue weighted by atomic mass is 10.2. The molecule has 0 aromatic carbocycles. The Bertz CT molecular complexity index is 957. The SMILES string of the molecule is CN1CCN(CCCn2cc(-c3cnc(N)c(OC(F)(F)F)c3)nc2C2CC2)CC1=O. The number of nitrogens with zero attached hydrogens (tertiary/aromatic N) is 5. The molecule has 8 nitrogen and oxygen atoms in total. The van der Waals surface area contributed by atoms with Crippen LogP contribution in [0.25, 0.3) is 11.3 Å². The van der Waals surface area contributed by atoms with Gasteiger partial charge < -0.3 is 19.9 Å². The second kappa shape index (κ2) is 8.37. The number of nitrogen functional groups attached to an aromatic ring is 1. The minimum atomic E-state index is -4.85. The number of carbonyl (C=O) groups excluding carboxylic acids is 1. The van der Waals surface area contributed by atoms with Crippen LogP contribution in [-0.2, 0) is 11.3 Å². The number of pyridine rings is 1. The van der Waals surface area contributed by atoms with E-state index < -0.39 is 12.1 Å². The fourth-order valence-electron chi connectivity index (χ4n) is 3.68. The van der Waals surface area contributed by atoms with Crippen molar-refractivity contribution in [3.63, 3.8) is 0 Å². The Balaban J connectivity index is 1.47. The maximum Gasteiger partial charge on any atom is 0.573 e. The third-order valence-corrected chi connectivity index (χ3v) is 5.56. The Morgan fingerprint density at radius 1 is 1.26 bits per heavy atom. The largest absolute Gasteiger partial charge is 0.573 e. The lowest BCUT2D eigenvalue weighted by Gasteiger charge is -2.31. The smallest absolute Gasteiger partial charge is 0.402 e. The van der Waals surface area contributed by atoms with E-state index in [9.17, 15) is 18.0 Å². The quantitative estimate of drug-likeness (QED) is 0.715. The molecule has 168 valence electrons. The average molecular weight is 438 g/mol. The summed E-state index contributed by atoms with van der Waals surface area (Å²) in [6, 6.07) is 1.22. The molecule has 11 heteroatoms. The van der Waals surface area contributed by atoms with Crippen LogP contribution in [0.5, 0.6) is 5.75 Å². The van der Waals surface area contributed by atoms with E-state index >= 15 is 0 Å². The molecule has 0 spiro atoms. The van der Waals surface area contributed by atoms with Crippen LogP contribution in [0, 0.1) is 0 Å². The molecule has 31 heavy (non-hydrogen) atoms. The number of alkyl halides is 3. The van der Waals surface area contributed by atoms with Gasteiger partial charge in [0.15, 0.2) is 11.6 Å². The molecule has 2 aliphatic rings. The van der Waals surface area contributed by atoms with Crippen molar-refractivity contribution in [2.24, 2.45) is 0 Å². The van der Waals surface area contributed by atoms with E-state index in [1.54, 1.807) is 4.90 Å². The Labute approximate surface area is 177 Å². The highest BCUT2D eigenvalue weighted by Crippen LogP contribution is 2.41. The number of nitrogens with two attached hydrogens (primary N) is 1. The van der Waals surface area contributed by atoms with E-state index in [1.165, 1.54) is 12.3 Å². The van der Waals surface area contributed by atoms with Gasteiger partial charge in [0.2, 0.25) is 5.91 Å². The van der Waals surface area contributed by atoms with Crippen LogP contribution in [0.3, 0.4) is 0 Å². The van der Waals surface area contributed by atoms with E-state index in [2.05, 4.69) is 24.2 Å². The maximum atomic E-state index is 12.6. The highest BCUT2D eigenvalue weighted by Gasteiger charge is 2.33. The zero-order chi connectivity index (χ0) is 22.2. The molecule has 1 aliphatic heterocycles. The summed E-state index contributed by atoms with van der Waals surface area (Å²) in [7, 11) is 1.81. The first-order chi connectivity index (χ1) is 14.7. The number of hydrogen-bond acceptors (Lipinski definition) is 6. The number of ether oxygens (including phenoxy) is 1. The van der Waals surface area contributed by atoms with Crippen LogP contribution in [0.1, 0.15) is 31.0 Å². The molecule has 3 heterocycles. The van der Waals surface area contributed by atoms with Crippen molar-refractivity contribution in [2.75, 3.05) is 39.0 Å². The number of amides is 1. The third-order valence-electron chi connectivity index (χ3n) is 5.56. The second-order valence-electron chi connectivity index (χ2n) is 8.05. The summed E-state index contributed by atoms with van der Waals surface area (Å²) < 4.78 is 43.9. The van der Waals surface area contributed by atoms with Gasteiger partial charge in [0.1, 0.15) is 5.82 Å². The van der Waals surface area contributed by atoms with Crippen LogP contribution in [0.15, 0.2) is 18.5 Å². The van der Waals surface area contributed by atoms with Crippen LogP contribution in [0.4, 0.5) is 19.0 Å². The lowest BCUT2D eigenvalue weighted by molar-refractivity contribution is -0.274. The van der Waals surface area contributed by atoms with E-state index in [0.717, 1.165) is 44.7 Å². The Hall–Kier alpha value is -2.82. The van der Waals surface area contributed by atoms with Crippen LogP contribution >= 0.6 is 0 Å². The summed E-state index contributed by atoms with van der Waals surface area (Å²) in [5, 5.41) is 0. The zero-order valence-electron chi connectivity index (χ0n) is 17.2. The van der Waals surface area contributed by atoms with E-state index in [4.69, 9.17) is 5.73 Å². The summed E-state index contributed by atoms with van der Waals surface area (Å²) in [6.07, 6.45) is 1.33. The number of halogens is 3. The van der Waals surface area contributed by atoms with Crippen LogP contribution in [-0.4, -0.2) is 69.8 Å². The van der Waals surface area contributed by atoms with Crippen molar-refractivity contribution in [1.29, 1.82) is 0 Å². The van der Waals surface area contributed by atoms with Gasteiger partial charge in [0.05, 0.1) is 12.2 Å². The van der Waals surface area contributed by atoms with Crippen LogP contribution in [0.2, 0.25) is 0 Å². The lowest BCUT2D eigenvalue weighted by Crippen LogP contribution is -2.48. The second-order valence-corrected chi connectivity index (χ2v) is 8.05. The van der Waals surface area contributed by atoms with Crippen molar-refractivity contribution in [1.82, 2.24) is 24.3 Å². The number of rotatable bonds is 7. The monoisotopic (exact) mass is 438 g/mol. The van der Waals surface area contributed by atoms with E-state index in [0.29, 0.717) is 30.3 Å². The molecule has 1 aliphatic carbocycles. The minimum Gasteiger partial charge on any atom is -0.402 e. The first-order valence-electron chi connectivity index (χ1n) is 10.2. The number of anilines is 1. The van der Waals surface area contributed by atoms with Crippen molar-refractivity contribution < 1.29 is 22.7 Å². The van der Waals surface area contributed by atoms with Gasteiger partial charge in [-0.25, -0.2) is 9.97 Å². The van der Waals surface area contributed by atoms with E-state index in [-0.39, 0.29) is 11.7 Å². The van der Waals surface area contributed by atoms with Crippen molar-refractivity contribution >= 4 is 11.7 Å². The summed E-state index contributed by atoms with van der Waals surface area (Å²) in [4.78, 5) is 24.2. The molecule has 1 saturated carbocycles. The summed E-state index contributed by atoms with van der Waals surface area (Å²) >= 11 is 0. The van der Waals surface area contributed by atoms with Gasteiger partial charge in [-0.3, -0.25) is 9.69 Å². The molecular weight excluding hydrogens is 413 g/mol. The first-order valence-corrected chi connectivity index (χ1v) is 10.2. The summed E-state index contributed by atoms with van der Waals surface area (Å²) in [6.45, 7) is 3.53. The number of piperazine rings is 1. The molecule has 1 amide bonds. The normalized spacial score (nSPS) is 17.9. The fourth-order valence-corrected chi connectivity index (χ4v) is 3.68.